The van der Waals surface area contributed by atoms with Crippen molar-refractivity contribution in [1.82, 2.24) is 0 Å². The van der Waals surface area contributed by atoms with Crippen LogP contribution in [0.3, 0.4) is 0 Å². The van der Waals surface area contributed by atoms with Crippen LogP contribution in [-0.2, 0) is 0 Å². The summed E-state index contributed by atoms with van der Waals surface area (Å²) in [5.41, 5.74) is 8.82. The van der Waals surface area contributed by atoms with Crippen LogP contribution in [0.5, 0.6) is 0 Å². The molecular weight excluding hydrogens is 236 g/mol. The maximum Gasteiger partial charge on any atom is 0.258 e. The molecule has 1 heterocycles. The molecule has 2 N–H and O–H groups in total. The first-order chi connectivity index (χ1) is 9.27. The molecule has 0 saturated heterocycles. The summed E-state index contributed by atoms with van der Waals surface area (Å²) in [5.74, 6) is 0.0416. The van der Waals surface area contributed by atoms with Gasteiger partial charge in [0.25, 0.3) is 5.91 Å². The molecule has 1 unspecified atom stereocenters. The van der Waals surface area contributed by atoms with Crippen molar-refractivity contribution in [3.8, 4) is 0 Å². The summed E-state index contributed by atoms with van der Waals surface area (Å²) >= 11 is 0. The number of anilines is 1. The van der Waals surface area contributed by atoms with E-state index in [0.717, 1.165) is 17.7 Å². The zero-order chi connectivity index (χ0) is 13.2. The summed E-state index contributed by atoms with van der Waals surface area (Å²) in [6.07, 6.45) is 0.801. The first-order valence-electron chi connectivity index (χ1n) is 6.49. The second-order valence-corrected chi connectivity index (χ2v) is 4.78. The minimum atomic E-state index is 0.0241. The largest absolute Gasteiger partial charge is 0.324 e. The third kappa shape index (κ3) is 2.13. The average molecular weight is 252 g/mol. The second-order valence-electron chi connectivity index (χ2n) is 4.78. The highest BCUT2D eigenvalue weighted by atomic mass is 16.2. The topological polar surface area (TPSA) is 46.3 Å². The Morgan fingerprint density at radius 1 is 1.05 bits per heavy atom. The van der Waals surface area contributed by atoms with E-state index in [9.17, 15) is 4.79 Å². The lowest BCUT2D eigenvalue weighted by Gasteiger charge is -2.32. The van der Waals surface area contributed by atoms with Gasteiger partial charge in [0.05, 0.1) is 0 Å². The molecule has 0 saturated carbocycles. The van der Waals surface area contributed by atoms with Crippen LogP contribution < -0.4 is 10.6 Å². The van der Waals surface area contributed by atoms with Crippen molar-refractivity contribution in [1.29, 1.82) is 0 Å². The van der Waals surface area contributed by atoms with Crippen LogP contribution >= 0.6 is 0 Å². The third-order valence-electron chi connectivity index (χ3n) is 3.56. The Kier molecular flexibility index (Phi) is 3.05. The molecule has 2 aromatic carbocycles. The van der Waals surface area contributed by atoms with Gasteiger partial charge in [-0.2, -0.15) is 0 Å². The molecule has 1 aliphatic rings. The first kappa shape index (κ1) is 11.9. The van der Waals surface area contributed by atoms with E-state index in [1.54, 1.807) is 0 Å². The van der Waals surface area contributed by atoms with Crippen molar-refractivity contribution in [3.05, 3.63) is 65.7 Å². The summed E-state index contributed by atoms with van der Waals surface area (Å²) in [6.45, 7) is 0.673. The zero-order valence-corrected chi connectivity index (χ0v) is 10.6. The first-order valence-corrected chi connectivity index (χ1v) is 6.49. The van der Waals surface area contributed by atoms with Crippen LogP contribution in [0.4, 0.5) is 5.69 Å². The molecule has 0 fully saturated rings. The fourth-order valence-electron chi connectivity index (χ4n) is 2.54. The van der Waals surface area contributed by atoms with E-state index in [-0.39, 0.29) is 11.9 Å². The number of carbonyl (C=O) groups is 1. The standard InChI is InChI=1S/C16H16N2O/c17-14-10-11-18(15-9-5-4-8-13(14)15)16(19)12-6-2-1-3-7-12/h1-9,14H,10-11,17H2. The number of hydrogen-bond acceptors (Lipinski definition) is 2. The summed E-state index contributed by atoms with van der Waals surface area (Å²) < 4.78 is 0. The molecule has 1 aliphatic heterocycles. The Hall–Kier alpha value is -2.13. The molecule has 0 aromatic heterocycles. The zero-order valence-electron chi connectivity index (χ0n) is 10.6. The lowest BCUT2D eigenvalue weighted by molar-refractivity contribution is 0.0984. The van der Waals surface area contributed by atoms with Gasteiger partial charge in [-0.3, -0.25) is 4.79 Å². The third-order valence-corrected chi connectivity index (χ3v) is 3.56. The minimum Gasteiger partial charge on any atom is -0.324 e. The predicted octanol–water partition coefficient (Wildman–Crippen LogP) is 2.74. The quantitative estimate of drug-likeness (QED) is 0.848. The smallest absolute Gasteiger partial charge is 0.258 e. The highest BCUT2D eigenvalue weighted by Crippen LogP contribution is 2.32. The summed E-state index contributed by atoms with van der Waals surface area (Å²) in [6, 6.07) is 17.3. The Labute approximate surface area is 112 Å². The van der Waals surface area contributed by atoms with E-state index in [0.29, 0.717) is 12.1 Å². The fourth-order valence-corrected chi connectivity index (χ4v) is 2.54. The Morgan fingerprint density at radius 2 is 1.74 bits per heavy atom. The fraction of sp³-hybridized carbons (Fsp3) is 0.188. The second kappa shape index (κ2) is 4.86. The van der Waals surface area contributed by atoms with Crippen molar-refractivity contribution < 1.29 is 4.79 Å². The number of para-hydroxylation sites is 1. The summed E-state index contributed by atoms with van der Waals surface area (Å²) in [7, 11) is 0. The molecule has 19 heavy (non-hydrogen) atoms. The van der Waals surface area contributed by atoms with Crippen molar-refractivity contribution in [2.75, 3.05) is 11.4 Å². The van der Waals surface area contributed by atoms with E-state index < -0.39 is 0 Å². The van der Waals surface area contributed by atoms with Gasteiger partial charge in [0.15, 0.2) is 0 Å². The van der Waals surface area contributed by atoms with Gasteiger partial charge in [-0.25, -0.2) is 0 Å². The van der Waals surface area contributed by atoms with Gasteiger partial charge in [-0.1, -0.05) is 36.4 Å². The maximum atomic E-state index is 12.6. The number of fused-ring (bicyclic) bond motifs is 1. The number of nitrogens with zero attached hydrogens (tertiary/aromatic N) is 1. The van der Waals surface area contributed by atoms with Gasteiger partial charge in [0.1, 0.15) is 0 Å². The van der Waals surface area contributed by atoms with Crippen LogP contribution in [0.2, 0.25) is 0 Å². The number of rotatable bonds is 1. The van der Waals surface area contributed by atoms with Crippen LogP contribution in [0.25, 0.3) is 0 Å². The summed E-state index contributed by atoms with van der Waals surface area (Å²) in [4.78, 5) is 14.4. The maximum absolute atomic E-state index is 12.6. The monoisotopic (exact) mass is 252 g/mol. The van der Waals surface area contributed by atoms with E-state index >= 15 is 0 Å². The molecule has 0 radical (unpaired) electrons. The molecule has 3 heteroatoms. The van der Waals surface area contributed by atoms with E-state index in [2.05, 4.69) is 0 Å². The SMILES string of the molecule is NC1CCN(C(=O)c2ccccc2)c2ccccc21. The molecule has 1 amide bonds. The van der Waals surface area contributed by atoms with Crippen LogP contribution in [-0.4, -0.2) is 12.5 Å². The Morgan fingerprint density at radius 3 is 2.53 bits per heavy atom. The molecule has 3 nitrogen and oxygen atoms in total. The highest BCUT2D eigenvalue weighted by Gasteiger charge is 2.26. The number of amides is 1. The Balaban J connectivity index is 1.99. The van der Waals surface area contributed by atoms with Crippen molar-refractivity contribution in [2.24, 2.45) is 5.73 Å². The van der Waals surface area contributed by atoms with E-state index in [4.69, 9.17) is 5.73 Å². The van der Waals surface area contributed by atoms with E-state index in [1.807, 2.05) is 59.5 Å². The number of hydrogen-bond donors (Lipinski definition) is 1. The number of carbonyl (C=O) groups excluding carboxylic acids is 1. The van der Waals surface area contributed by atoms with Crippen molar-refractivity contribution >= 4 is 11.6 Å². The van der Waals surface area contributed by atoms with Crippen molar-refractivity contribution in [2.45, 2.75) is 12.5 Å². The van der Waals surface area contributed by atoms with Gasteiger partial charge >= 0.3 is 0 Å². The van der Waals surface area contributed by atoms with Gasteiger partial charge in [-0.15, -0.1) is 0 Å². The van der Waals surface area contributed by atoms with Crippen LogP contribution in [0.15, 0.2) is 54.6 Å². The molecule has 0 spiro atoms. The van der Waals surface area contributed by atoms with Gasteiger partial charge in [0.2, 0.25) is 0 Å². The van der Waals surface area contributed by atoms with Gasteiger partial charge in [0, 0.05) is 23.8 Å². The van der Waals surface area contributed by atoms with Crippen molar-refractivity contribution in [3.63, 3.8) is 0 Å². The molecular formula is C16H16N2O. The average Bonchev–Trinajstić information content (AvgIpc) is 2.48. The van der Waals surface area contributed by atoms with Crippen LogP contribution in [0, 0.1) is 0 Å². The molecule has 96 valence electrons. The molecule has 0 bridgehead atoms. The Bertz CT molecular complexity index is 595. The normalized spacial score (nSPS) is 17.9. The molecule has 3 rings (SSSR count). The van der Waals surface area contributed by atoms with E-state index in [1.165, 1.54) is 0 Å². The molecule has 1 atom stereocenters. The lowest BCUT2D eigenvalue weighted by atomic mass is 9.96. The number of nitrogens with two attached hydrogens (primary N) is 1. The lowest BCUT2D eigenvalue weighted by Crippen LogP contribution is -2.38. The highest BCUT2D eigenvalue weighted by molar-refractivity contribution is 6.06. The van der Waals surface area contributed by atoms with Gasteiger partial charge < -0.3 is 10.6 Å². The van der Waals surface area contributed by atoms with Crippen LogP contribution in [0.1, 0.15) is 28.4 Å². The molecule has 0 aliphatic carbocycles. The summed E-state index contributed by atoms with van der Waals surface area (Å²) in [5, 5.41) is 0. The number of benzene rings is 2. The minimum absolute atomic E-state index is 0.0241. The molecule has 2 aromatic rings. The van der Waals surface area contributed by atoms with Gasteiger partial charge in [-0.05, 0) is 30.2 Å². The predicted molar refractivity (Wildman–Crippen MR) is 76.1 cm³/mol.